The highest BCUT2D eigenvalue weighted by Gasteiger charge is 2.34. The van der Waals surface area contributed by atoms with Crippen LogP contribution in [0.15, 0.2) is 64.2 Å². The Morgan fingerprint density at radius 2 is 1.80 bits per heavy atom. The van der Waals surface area contributed by atoms with Crippen LogP contribution in [-0.2, 0) is 11.0 Å². The molecule has 0 aliphatic carbocycles. The molecular formula is C21H17BrF3N3OS. The first-order valence-corrected chi connectivity index (χ1v) is 10.6. The van der Waals surface area contributed by atoms with Crippen LogP contribution in [0.1, 0.15) is 18.2 Å². The summed E-state index contributed by atoms with van der Waals surface area (Å²) in [6.07, 6.45) is -4.62. The third-order valence-electron chi connectivity index (χ3n) is 4.10. The van der Waals surface area contributed by atoms with Crippen LogP contribution in [0.25, 0.3) is 11.3 Å². The van der Waals surface area contributed by atoms with Crippen molar-refractivity contribution in [3.05, 3.63) is 70.3 Å². The molecule has 1 aromatic heterocycles. The highest BCUT2D eigenvalue weighted by atomic mass is 79.9. The fourth-order valence-electron chi connectivity index (χ4n) is 2.55. The van der Waals surface area contributed by atoms with Crippen molar-refractivity contribution < 1.29 is 18.0 Å². The first-order valence-electron chi connectivity index (χ1n) is 8.89. The molecule has 0 fully saturated rings. The van der Waals surface area contributed by atoms with Gasteiger partial charge in [0.1, 0.15) is 5.69 Å². The first-order chi connectivity index (χ1) is 14.1. The molecular weight excluding hydrogens is 479 g/mol. The number of anilines is 1. The fourth-order valence-corrected chi connectivity index (χ4v) is 3.92. The standard InChI is InChI=1S/C21H17BrF3N3OS/c1-12-8-9-16(15(22)10-12)26-19(29)13(2)30-20-27-17(14-6-4-3-5-7-14)11-18(28-20)21(23,24)25/h3-11,13H,1-2H3,(H,26,29). The summed E-state index contributed by atoms with van der Waals surface area (Å²) in [6, 6.07) is 14.9. The van der Waals surface area contributed by atoms with Crippen LogP contribution < -0.4 is 5.32 Å². The van der Waals surface area contributed by atoms with E-state index in [1.54, 1.807) is 43.3 Å². The molecule has 9 heteroatoms. The van der Waals surface area contributed by atoms with Gasteiger partial charge in [0.25, 0.3) is 0 Å². The van der Waals surface area contributed by atoms with E-state index in [0.717, 1.165) is 27.9 Å². The lowest BCUT2D eigenvalue weighted by atomic mass is 10.1. The lowest BCUT2D eigenvalue weighted by Crippen LogP contribution is -2.23. The van der Waals surface area contributed by atoms with Crippen LogP contribution in [0.4, 0.5) is 18.9 Å². The monoisotopic (exact) mass is 495 g/mol. The molecule has 0 aliphatic rings. The molecule has 1 atom stereocenters. The Balaban J connectivity index is 1.84. The van der Waals surface area contributed by atoms with Crippen LogP contribution in [0, 0.1) is 6.92 Å². The van der Waals surface area contributed by atoms with Crippen molar-refractivity contribution in [2.45, 2.75) is 30.4 Å². The molecule has 1 amide bonds. The molecule has 0 saturated carbocycles. The van der Waals surface area contributed by atoms with Gasteiger partial charge in [-0.3, -0.25) is 4.79 Å². The molecule has 1 unspecified atom stereocenters. The highest BCUT2D eigenvalue weighted by molar-refractivity contribution is 9.10. The van der Waals surface area contributed by atoms with Gasteiger partial charge in [0, 0.05) is 10.0 Å². The Morgan fingerprint density at radius 1 is 1.10 bits per heavy atom. The van der Waals surface area contributed by atoms with Crippen molar-refractivity contribution >= 4 is 39.3 Å². The number of nitrogens with zero attached hydrogens (tertiary/aromatic N) is 2. The molecule has 3 rings (SSSR count). The predicted octanol–water partition coefficient (Wildman–Crippen LogP) is 6.35. The summed E-state index contributed by atoms with van der Waals surface area (Å²) >= 11 is 4.26. The van der Waals surface area contributed by atoms with E-state index in [4.69, 9.17) is 0 Å². The second kappa shape index (κ2) is 9.18. The first kappa shape index (κ1) is 22.3. The number of halogens is 4. The van der Waals surface area contributed by atoms with Gasteiger partial charge < -0.3 is 5.32 Å². The Bertz CT molecular complexity index is 1060. The minimum absolute atomic E-state index is 0.116. The number of thioether (sulfide) groups is 1. The van der Waals surface area contributed by atoms with E-state index in [1.165, 1.54) is 0 Å². The Kier molecular flexibility index (Phi) is 6.82. The van der Waals surface area contributed by atoms with Crippen molar-refractivity contribution in [3.8, 4) is 11.3 Å². The third-order valence-corrected chi connectivity index (χ3v) is 5.72. The smallest absolute Gasteiger partial charge is 0.324 e. The number of benzene rings is 2. The quantitative estimate of drug-likeness (QED) is 0.330. The zero-order chi connectivity index (χ0) is 21.9. The average molecular weight is 496 g/mol. The molecule has 156 valence electrons. The number of carbonyl (C=O) groups is 1. The largest absolute Gasteiger partial charge is 0.433 e. The number of alkyl halides is 3. The lowest BCUT2D eigenvalue weighted by Gasteiger charge is -2.14. The van der Waals surface area contributed by atoms with Gasteiger partial charge >= 0.3 is 6.18 Å². The number of hydrogen-bond acceptors (Lipinski definition) is 4. The Hall–Kier alpha value is -2.39. The van der Waals surface area contributed by atoms with Gasteiger partial charge in [0.15, 0.2) is 5.16 Å². The van der Waals surface area contributed by atoms with Crippen LogP contribution in [0.2, 0.25) is 0 Å². The predicted molar refractivity (Wildman–Crippen MR) is 115 cm³/mol. The van der Waals surface area contributed by atoms with Crippen molar-refractivity contribution in [2.75, 3.05) is 5.32 Å². The van der Waals surface area contributed by atoms with Crippen LogP contribution in [-0.4, -0.2) is 21.1 Å². The van der Waals surface area contributed by atoms with E-state index in [-0.39, 0.29) is 16.8 Å². The van der Waals surface area contributed by atoms with E-state index in [2.05, 4.69) is 31.2 Å². The van der Waals surface area contributed by atoms with Crippen molar-refractivity contribution in [3.63, 3.8) is 0 Å². The fraction of sp³-hybridized carbons (Fsp3) is 0.190. The Labute approximate surface area is 184 Å². The number of rotatable bonds is 5. The van der Waals surface area contributed by atoms with E-state index in [1.807, 2.05) is 19.1 Å². The summed E-state index contributed by atoms with van der Waals surface area (Å²) in [7, 11) is 0. The molecule has 0 bridgehead atoms. The number of amides is 1. The van der Waals surface area contributed by atoms with E-state index in [0.29, 0.717) is 11.3 Å². The van der Waals surface area contributed by atoms with Crippen LogP contribution >= 0.6 is 27.7 Å². The average Bonchev–Trinajstić information content (AvgIpc) is 2.69. The summed E-state index contributed by atoms with van der Waals surface area (Å²) in [6.45, 7) is 3.51. The highest BCUT2D eigenvalue weighted by Crippen LogP contribution is 2.33. The van der Waals surface area contributed by atoms with Crippen LogP contribution in [0.5, 0.6) is 0 Å². The summed E-state index contributed by atoms with van der Waals surface area (Å²) in [5.74, 6) is -0.369. The minimum atomic E-state index is -4.62. The molecule has 1 heterocycles. The molecule has 4 nitrogen and oxygen atoms in total. The van der Waals surface area contributed by atoms with Gasteiger partial charge in [-0.05, 0) is 53.5 Å². The molecule has 2 aromatic carbocycles. The summed E-state index contributed by atoms with van der Waals surface area (Å²) in [5.41, 5.74) is 1.23. The molecule has 3 aromatic rings. The van der Waals surface area contributed by atoms with Crippen molar-refractivity contribution in [2.24, 2.45) is 0 Å². The molecule has 0 radical (unpaired) electrons. The van der Waals surface area contributed by atoms with Crippen LogP contribution in [0.3, 0.4) is 0 Å². The van der Waals surface area contributed by atoms with Gasteiger partial charge in [-0.15, -0.1) is 0 Å². The van der Waals surface area contributed by atoms with Crippen molar-refractivity contribution in [1.82, 2.24) is 9.97 Å². The molecule has 1 N–H and O–H groups in total. The number of aryl methyl sites for hydroxylation is 1. The van der Waals surface area contributed by atoms with E-state index < -0.39 is 17.1 Å². The maximum atomic E-state index is 13.3. The normalized spacial score (nSPS) is 12.5. The lowest BCUT2D eigenvalue weighted by molar-refractivity contribution is -0.141. The molecule has 30 heavy (non-hydrogen) atoms. The Morgan fingerprint density at radius 3 is 2.43 bits per heavy atom. The SMILES string of the molecule is Cc1ccc(NC(=O)C(C)Sc2nc(-c3ccccc3)cc(C(F)(F)F)n2)c(Br)c1. The van der Waals surface area contributed by atoms with Gasteiger partial charge in [-0.2, -0.15) is 13.2 Å². The van der Waals surface area contributed by atoms with E-state index in [9.17, 15) is 18.0 Å². The third kappa shape index (κ3) is 5.60. The number of aromatic nitrogens is 2. The number of carbonyl (C=O) groups excluding carboxylic acids is 1. The maximum Gasteiger partial charge on any atom is 0.433 e. The molecule has 0 spiro atoms. The minimum Gasteiger partial charge on any atom is -0.324 e. The molecule has 0 saturated heterocycles. The number of hydrogen-bond donors (Lipinski definition) is 1. The maximum absolute atomic E-state index is 13.3. The zero-order valence-corrected chi connectivity index (χ0v) is 18.4. The number of nitrogens with one attached hydrogen (secondary N) is 1. The summed E-state index contributed by atoms with van der Waals surface area (Å²) in [4.78, 5) is 20.4. The van der Waals surface area contributed by atoms with Gasteiger partial charge in [0.2, 0.25) is 5.91 Å². The van der Waals surface area contributed by atoms with E-state index >= 15 is 0 Å². The molecule has 0 aliphatic heterocycles. The summed E-state index contributed by atoms with van der Waals surface area (Å²) < 4.78 is 40.7. The second-order valence-corrected chi connectivity index (χ2v) is 8.68. The van der Waals surface area contributed by atoms with Crippen molar-refractivity contribution in [1.29, 1.82) is 0 Å². The zero-order valence-electron chi connectivity index (χ0n) is 16.0. The second-order valence-electron chi connectivity index (χ2n) is 6.52. The van der Waals surface area contributed by atoms with Gasteiger partial charge in [0.05, 0.1) is 16.6 Å². The summed E-state index contributed by atoms with van der Waals surface area (Å²) in [5, 5.41) is 1.93. The van der Waals surface area contributed by atoms with Gasteiger partial charge in [-0.25, -0.2) is 9.97 Å². The topological polar surface area (TPSA) is 54.9 Å². The van der Waals surface area contributed by atoms with Gasteiger partial charge in [-0.1, -0.05) is 48.2 Å².